The minimum atomic E-state index is -0.117. The molecule has 0 aliphatic heterocycles. The maximum atomic E-state index is 13.1. The van der Waals surface area contributed by atoms with E-state index in [1.807, 2.05) is 49.4 Å². The van der Waals surface area contributed by atoms with Crippen LogP contribution in [0.2, 0.25) is 0 Å². The number of hydrogen-bond donors (Lipinski definition) is 0. The lowest BCUT2D eigenvalue weighted by Crippen LogP contribution is -2.34. The number of para-hydroxylation sites is 1. The van der Waals surface area contributed by atoms with Gasteiger partial charge >= 0.3 is 0 Å². The summed E-state index contributed by atoms with van der Waals surface area (Å²) in [6, 6.07) is 19.4. The van der Waals surface area contributed by atoms with Crippen molar-refractivity contribution in [1.29, 1.82) is 5.26 Å². The van der Waals surface area contributed by atoms with Crippen LogP contribution in [0.5, 0.6) is 5.75 Å². The highest BCUT2D eigenvalue weighted by atomic mass is 16.5. The molecule has 5 nitrogen and oxygen atoms in total. The van der Waals surface area contributed by atoms with Crippen LogP contribution in [0.1, 0.15) is 29.3 Å². The predicted molar refractivity (Wildman–Crippen MR) is 105 cm³/mol. The Morgan fingerprint density at radius 2 is 1.78 bits per heavy atom. The molecule has 5 heteroatoms. The van der Waals surface area contributed by atoms with Crippen molar-refractivity contribution in [3.63, 3.8) is 0 Å². The maximum Gasteiger partial charge on any atom is 0.257 e. The van der Waals surface area contributed by atoms with Gasteiger partial charge in [-0.15, -0.1) is 0 Å². The molecule has 0 bridgehead atoms. The van der Waals surface area contributed by atoms with Crippen LogP contribution in [0.25, 0.3) is 0 Å². The number of carbonyl (C=O) groups is 1. The Balaban J connectivity index is 2.08. The molecule has 0 spiro atoms. The second-order valence-corrected chi connectivity index (χ2v) is 5.98. The molecule has 0 atom stereocenters. The quantitative estimate of drug-likeness (QED) is 0.569. The number of amides is 1. The van der Waals surface area contributed by atoms with Crippen molar-refractivity contribution < 1.29 is 14.3 Å². The van der Waals surface area contributed by atoms with Crippen molar-refractivity contribution >= 4 is 5.91 Å². The second-order valence-electron chi connectivity index (χ2n) is 5.98. The van der Waals surface area contributed by atoms with Gasteiger partial charge in [0, 0.05) is 19.7 Å². The summed E-state index contributed by atoms with van der Waals surface area (Å²) in [5, 5.41) is 8.95. The van der Waals surface area contributed by atoms with Crippen molar-refractivity contribution in [3.05, 3.63) is 65.7 Å². The van der Waals surface area contributed by atoms with Gasteiger partial charge in [0.2, 0.25) is 0 Å². The van der Waals surface area contributed by atoms with Gasteiger partial charge in [-0.3, -0.25) is 4.79 Å². The first-order chi connectivity index (χ1) is 13.3. The van der Waals surface area contributed by atoms with E-state index in [0.717, 1.165) is 12.0 Å². The highest BCUT2D eigenvalue weighted by molar-refractivity contribution is 5.97. The molecule has 1 amide bonds. The molecule has 2 aromatic rings. The average Bonchev–Trinajstić information content (AvgIpc) is 2.72. The monoisotopic (exact) mass is 366 g/mol. The number of rotatable bonds is 11. The highest BCUT2D eigenvalue weighted by Crippen LogP contribution is 2.20. The molecule has 2 rings (SSSR count). The Labute approximate surface area is 161 Å². The third kappa shape index (κ3) is 6.76. The van der Waals surface area contributed by atoms with Gasteiger partial charge in [0.1, 0.15) is 12.4 Å². The molecule has 0 radical (unpaired) electrons. The van der Waals surface area contributed by atoms with E-state index in [9.17, 15) is 4.79 Å². The molecular formula is C22H26N2O3. The predicted octanol–water partition coefficient (Wildman–Crippen LogP) is 3.70. The number of nitriles is 1. The smallest absolute Gasteiger partial charge is 0.257 e. The van der Waals surface area contributed by atoms with Crippen LogP contribution in [-0.4, -0.2) is 43.7 Å². The molecular weight excluding hydrogens is 340 g/mol. The molecule has 2 aromatic carbocycles. The Hall–Kier alpha value is -2.84. The van der Waals surface area contributed by atoms with E-state index in [4.69, 9.17) is 14.7 Å². The molecule has 0 aliphatic carbocycles. The average molecular weight is 366 g/mol. The van der Waals surface area contributed by atoms with Crippen molar-refractivity contribution in [3.8, 4) is 11.8 Å². The van der Waals surface area contributed by atoms with Gasteiger partial charge in [-0.1, -0.05) is 42.5 Å². The Morgan fingerprint density at radius 3 is 2.52 bits per heavy atom. The zero-order valence-electron chi connectivity index (χ0n) is 15.8. The maximum absolute atomic E-state index is 13.1. The summed E-state index contributed by atoms with van der Waals surface area (Å²) < 4.78 is 11.0. The summed E-state index contributed by atoms with van der Waals surface area (Å²) >= 11 is 0. The fourth-order valence-electron chi connectivity index (χ4n) is 2.70. The lowest BCUT2D eigenvalue weighted by atomic mass is 10.1. The largest absolute Gasteiger partial charge is 0.490 e. The summed E-state index contributed by atoms with van der Waals surface area (Å²) in [5.41, 5.74) is 1.67. The van der Waals surface area contributed by atoms with Crippen molar-refractivity contribution in [1.82, 2.24) is 4.90 Å². The van der Waals surface area contributed by atoms with Crippen LogP contribution in [-0.2, 0) is 11.2 Å². The molecule has 27 heavy (non-hydrogen) atoms. The third-order valence-electron chi connectivity index (χ3n) is 4.10. The third-order valence-corrected chi connectivity index (χ3v) is 4.10. The van der Waals surface area contributed by atoms with Gasteiger partial charge in [-0.2, -0.15) is 5.26 Å². The Morgan fingerprint density at radius 1 is 1.04 bits per heavy atom. The summed E-state index contributed by atoms with van der Waals surface area (Å²) in [4.78, 5) is 14.8. The van der Waals surface area contributed by atoms with E-state index in [1.165, 1.54) is 0 Å². The van der Waals surface area contributed by atoms with E-state index in [2.05, 4.69) is 6.07 Å². The first kappa shape index (κ1) is 20.5. The lowest BCUT2D eigenvalue weighted by Gasteiger charge is -2.23. The Kier molecular flexibility index (Phi) is 8.88. The van der Waals surface area contributed by atoms with Crippen LogP contribution in [0, 0.1) is 11.3 Å². The number of ether oxygens (including phenoxy) is 2. The summed E-state index contributed by atoms with van der Waals surface area (Å²) in [7, 11) is 0. The summed E-state index contributed by atoms with van der Waals surface area (Å²) in [6.07, 6.45) is 1.04. The SMILES string of the molecule is CCOCCOc1ccccc1C(=O)N(CCC#N)CCc1ccccc1. The van der Waals surface area contributed by atoms with Crippen molar-refractivity contribution in [2.24, 2.45) is 0 Å². The topological polar surface area (TPSA) is 62.6 Å². The van der Waals surface area contributed by atoms with Crippen LogP contribution in [0.3, 0.4) is 0 Å². The first-order valence-corrected chi connectivity index (χ1v) is 9.26. The molecule has 0 saturated carbocycles. The minimum absolute atomic E-state index is 0.117. The molecule has 0 saturated heterocycles. The van der Waals surface area contributed by atoms with Gasteiger partial charge in [0.15, 0.2) is 0 Å². The van der Waals surface area contributed by atoms with Crippen molar-refractivity contribution in [2.45, 2.75) is 19.8 Å². The Bertz CT molecular complexity index is 741. The molecule has 0 fully saturated rings. The number of carbonyl (C=O) groups excluding carboxylic acids is 1. The number of hydrogen-bond acceptors (Lipinski definition) is 4. The van der Waals surface area contributed by atoms with Crippen LogP contribution < -0.4 is 4.74 Å². The lowest BCUT2D eigenvalue weighted by molar-refractivity contribution is 0.0750. The van der Waals surface area contributed by atoms with Gasteiger partial charge in [-0.05, 0) is 31.0 Å². The molecule has 0 N–H and O–H groups in total. The standard InChI is InChI=1S/C22H26N2O3/c1-2-26-17-18-27-21-12-7-6-11-20(21)22(25)24(15-8-14-23)16-13-19-9-4-3-5-10-19/h3-7,9-12H,2,8,13,15-18H2,1H3. The fraction of sp³-hybridized carbons (Fsp3) is 0.364. The molecule has 0 unspecified atom stereocenters. The van der Waals surface area contributed by atoms with Gasteiger partial charge in [-0.25, -0.2) is 0 Å². The number of nitrogens with zero attached hydrogens (tertiary/aromatic N) is 2. The highest BCUT2D eigenvalue weighted by Gasteiger charge is 2.19. The van der Waals surface area contributed by atoms with E-state index in [0.29, 0.717) is 50.6 Å². The van der Waals surface area contributed by atoms with E-state index in [1.54, 1.807) is 17.0 Å². The minimum Gasteiger partial charge on any atom is -0.490 e. The first-order valence-electron chi connectivity index (χ1n) is 9.26. The van der Waals surface area contributed by atoms with E-state index < -0.39 is 0 Å². The molecule has 0 aliphatic rings. The van der Waals surface area contributed by atoms with Crippen LogP contribution in [0.15, 0.2) is 54.6 Å². The second kappa shape index (κ2) is 11.7. The van der Waals surface area contributed by atoms with E-state index in [-0.39, 0.29) is 5.91 Å². The van der Waals surface area contributed by atoms with E-state index >= 15 is 0 Å². The normalized spacial score (nSPS) is 10.2. The summed E-state index contributed by atoms with van der Waals surface area (Å²) in [6.45, 7) is 4.38. The zero-order chi connectivity index (χ0) is 19.3. The molecule has 142 valence electrons. The van der Waals surface area contributed by atoms with Crippen LogP contribution >= 0.6 is 0 Å². The van der Waals surface area contributed by atoms with Gasteiger partial charge < -0.3 is 14.4 Å². The summed E-state index contributed by atoms with van der Waals surface area (Å²) in [5.74, 6) is 0.428. The fourth-order valence-corrected chi connectivity index (χ4v) is 2.70. The molecule has 0 aromatic heterocycles. The van der Waals surface area contributed by atoms with Gasteiger partial charge in [0.05, 0.1) is 24.7 Å². The molecule has 0 heterocycles. The van der Waals surface area contributed by atoms with Gasteiger partial charge in [0.25, 0.3) is 5.91 Å². The van der Waals surface area contributed by atoms with Crippen molar-refractivity contribution in [2.75, 3.05) is 32.9 Å². The van der Waals surface area contributed by atoms with Crippen LogP contribution in [0.4, 0.5) is 0 Å². The zero-order valence-corrected chi connectivity index (χ0v) is 15.8. The number of benzene rings is 2.